The summed E-state index contributed by atoms with van der Waals surface area (Å²) in [5, 5.41) is 13.8. The quantitative estimate of drug-likeness (QED) is 0.724. The molecule has 2 unspecified atom stereocenters. The molecule has 2 saturated heterocycles. The summed E-state index contributed by atoms with van der Waals surface area (Å²) >= 11 is 0. The van der Waals surface area contributed by atoms with E-state index >= 15 is 0 Å². The van der Waals surface area contributed by atoms with Crippen LogP contribution < -0.4 is 5.32 Å². The highest BCUT2D eigenvalue weighted by molar-refractivity contribution is 4.81. The average Bonchev–Trinajstić information content (AvgIpc) is 2.61. The summed E-state index contributed by atoms with van der Waals surface area (Å²) in [6.07, 6.45) is 2.17. The second-order valence-corrected chi connectivity index (χ2v) is 6.38. The van der Waals surface area contributed by atoms with E-state index in [0.717, 1.165) is 52.4 Å². The molecule has 0 aromatic heterocycles. The van der Waals surface area contributed by atoms with E-state index in [1.54, 1.807) is 0 Å². The largest absolute Gasteiger partial charge is 0.390 e. The van der Waals surface area contributed by atoms with Crippen LogP contribution >= 0.6 is 0 Å². The third-order valence-electron chi connectivity index (χ3n) is 4.62. The van der Waals surface area contributed by atoms with Gasteiger partial charge in [0.2, 0.25) is 0 Å². The van der Waals surface area contributed by atoms with Crippen LogP contribution in [0.1, 0.15) is 19.8 Å². The lowest BCUT2D eigenvalue weighted by molar-refractivity contribution is 0.0535. The number of rotatable bonds is 5. The van der Waals surface area contributed by atoms with Crippen LogP contribution in [0.4, 0.5) is 0 Å². The molecule has 2 fully saturated rings. The van der Waals surface area contributed by atoms with Crippen LogP contribution in [0.3, 0.4) is 0 Å². The predicted molar refractivity (Wildman–Crippen MR) is 83.1 cm³/mol. The van der Waals surface area contributed by atoms with Gasteiger partial charge in [0.15, 0.2) is 0 Å². The average molecular weight is 284 g/mol. The Morgan fingerprint density at radius 2 is 1.90 bits per heavy atom. The van der Waals surface area contributed by atoms with E-state index in [1.807, 2.05) is 0 Å². The van der Waals surface area contributed by atoms with Gasteiger partial charge in [-0.1, -0.05) is 6.92 Å². The molecule has 0 saturated carbocycles. The Hall–Kier alpha value is -0.200. The van der Waals surface area contributed by atoms with Gasteiger partial charge in [-0.15, -0.1) is 0 Å². The smallest absolute Gasteiger partial charge is 0.0793 e. The van der Waals surface area contributed by atoms with Crippen LogP contribution in [0.5, 0.6) is 0 Å². The van der Waals surface area contributed by atoms with E-state index in [2.05, 4.69) is 34.0 Å². The first-order chi connectivity index (χ1) is 9.69. The first-order valence-electron chi connectivity index (χ1n) is 8.22. The Balaban J connectivity index is 1.79. The molecule has 5 heteroatoms. The molecule has 2 aliphatic heterocycles. The monoisotopic (exact) mass is 284 g/mol. The van der Waals surface area contributed by atoms with Crippen molar-refractivity contribution >= 4 is 0 Å². The van der Waals surface area contributed by atoms with E-state index < -0.39 is 0 Å². The molecule has 0 bridgehead atoms. The summed E-state index contributed by atoms with van der Waals surface area (Å²) in [7, 11) is 2.21. The molecular formula is C15H32N4O. The summed E-state index contributed by atoms with van der Waals surface area (Å²) in [6, 6.07) is 0.597. The standard InChI is InChI=1S/C15H32N4O/c1-3-14-11-17(2)7-4-8-19(14)13-15(20)12-18-9-5-16-6-10-18/h14-16,20H,3-13H2,1-2H3. The molecule has 2 rings (SSSR count). The van der Waals surface area contributed by atoms with Crippen molar-refractivity contribution in [3.63, 3.8) is 0 Å². The maximum Gasteiger partial charge on any atom is 0.0793 e. The van der Waals surface area contributed by atoms with Gasteiger partial charge in [0.25, 0.3) is 0 Å². The van der Waals surface area contributed by atoms with Crippen molar-refractivity contribution in [3.8, 4) is 0 Å². The third kappa shape index (κ3) is 4.97. The first kappa shape index (κ1) is 16.2. The molecule has 20 heavy (non-hydrogen) atoms. The van der Waals surface area contributed by atoms with Crippen molar-refractivity contribution in [3.05, 3.63) is 0 Å². The minimum Gasteiger partial charge on any atom is -0.390 e. The lowest BCUT2D eigenvalue weighted by atomic mass is 10.1. The predicted octanol–water partition coefficient (Wildman–Crippen LogP) is -0.331. The molecule has 2 aliphatic rings. The van der Waals surface area contributed by atoms with Crippen molar-refractivity contribution in [1.82, 2.24) is 20.0 Å². The van der Waals surface area contributed by atoms with Gasteiger partial charge >= 0.3 is 0 Å². The highest BCUT2D eigenvalue weighted by Crippen LogP contribution is 2.13. The second kappa shape index (κ2) is 8.29. The molecule has 118 valence electrons. The lowest BCUT2D eigenvalue weighted by Gasteiger charge is -2.34. The lowest BCUT2D eigenvalue weighted by Crippen LogP contribution is -2.50. The highest BCUT2D eigenvalue weighted by atomic mass is 16.3. The van der Waals surface area contributed by atoms with Crippen LogP contribution in [0.15, 0.2) is 0 Å². The molecule has 0 amide bonds. The SMILES string of the molecule is CCC1CN(C)CCCN1CC(O)CN1CCNCC1. The highest BCUT2D eigenvalue weighted by Gasteiger charge is 2.24. The fourth-order valence-corrected chi connectivity index (χ4v) is 3.44. The van der Waals surface area contributed by atoms with E-state index in [4.69, 9.17) is 0 Å². The maximum absolute atomic E-state index is 10.4. The summed E-state index contributed by atoms with van der Waals surface area (Å²) in [4.78, 5) is 7.32. The molecule has 2 atom stereocenters. The maximum atomic E-state index is 10.4. The molecule has 0 aliphatic carbocycles. The fraction of sp³-hybridized carbons (Fsp3) is 1.00. The van der Waals surface area contributed by atoms with Gasteiger partial charge in [0.05, 0.1) is 6.10 Å². The normalized spacial score (nSPS) is 29.2. The van der Waals surface area contributed by atoms with Gasteiger partial charge in [0, 0.05) is 51.9 Å². The summed E-state index contributed by atoms with van der Waals surface area (Å²) in [5.41, 5.74) is 0. The molecule has 0 spiro atoms. The molecule has 5 nitrogen and oxygen atoms in total. The number of likely N-dealkylation sites (N-methyl/N-ethyl adjacent to an activating group) is 1. The zero-order valence-electron chi connectivity index (χ0n) is 13.2. The Morgan fingerprint density at radius 1 is 1.15 bits per heavy atom. The Kier molecular flexibility index (Phi) is 6.71. The van der Waals surface area contributed by atoms with Crippen LogP contribution in [-0.4, -0.2) is 97.9 Å². The number of hydrogen-bond acceptors (Lipinski definition) is 5. The number of aliphatic hydroxyl groups is 1. The Labute approximate surface area is 123 Å². The minimum absolute atomic E-state index is 0.217. The van der Waals surface area contributed by atoms with Crippen molar-refractivity contribution in [1.29, 1.82) is 0 Å². The fourth-order valence-electron chi connectivity index (χ4n) is 3.44. The third-order valence-corrected chi connectivity index (χ3v) is 4.62. The van der Waals surface area contributed by atoms with Crippen molar-refractivity contribution in [2.45, 2.75) is 31.9 Å². The zero-order valence-corrected chi connectivity index (χ0v) is 13.2. The number of nitrogens with zero attached hydrogens (tertiary/aromatic N) is 3. The van der Waals surface area contributed by atoms with Crippen LogP contribution in [0.25, 0.3) is 0 Å². The van der Waals surface area contributed by atoms with Crippen molar-refractivity contribution < 1.29 is 5.11 Å². The zero-order chi connectivity index (χ0) is 14.4. The summed E-state index contributed by atoms with van der Waals surface area (Å²) < 4.78 is 0. The van der Waals surface area contributed by atoms with Gasteiger partial charge in [-0.05, 0) is 33.0 Å². The molecular weight excluding hydrogens is 252 g/mol. The van der Waals surface area contributed by atoms with Gasteiger partial charge < -0.3 is 15.3 Å². The number of aliphatic hydroxyl groups excluding tert-OH is 1. The van der Waals surface area contributed by atoms with Crippen LogP contribution in [0, 0.1) is 0 Å². The van der Waals surface area contributed by atoms with E-state index in [-0.39, 0.29) is 6.10 Å². The molecule has 0 aromatic carbocycles. The summed E-state index contributed by atoms with van der Waals surface area (Å²) in [6.45, 7) is 11.6. The number of piperazine rings is 1. The van der Waals surface area contributed by atoms with Crippen LogP contribution in [-0.2, 0) is 0 Å². The summed E-state index contributed by atoms with van der Waals surface area (Å²) in [5.74, 6) is 0. The van der Waals surface area contributed by atoms with E-state index in [1.165, 1.54) is 19.4 Å². The van der Waals surface area contributed by atoms with Crippen LogP contribution in [0.2, 0.25) is 0 Å². The molecule has 2 heterocycles. The minimum atomic E-state index is -0.217. The number of hydrogen-bond donors (Lipinski definition) is 2. The van der Waals surface area contributed by atoms with Gasteiger partial charge in [-0.25, -0.2) is 0 Å². The molecule has 2 N–H and O–H groups in total. The van der Waals surface area contributed by atoms with Crippen molar-refractivity contribution in [2.75, 3.05) is 66.0 Å². The molecule has 0 radical (unpaired) electrons. The Morgan fingerprint density at radius 3 is 2.60 bits per heavy atom. The topological polar surface area (TPSA) is 42.0 Å². The van der Waals surface area contributed by atoms with Gasteiger partial charge in [-0.3, -0.25) is 9.80 Å². The van der Waals surface area contributed by atoms with E-state index in [0.29, 0.717) is 6.04 Å². The second-order valence-electron chi connectivity index (χ2n) is 6.38. The van der Waals surface area contributed by atoms with Crippen molar-refractivity contribution in [2.24, 2.45) is 0 Å². The Bertz CT molecular complexity index is 271. The number of β-amino-alcohol motifs (C(OH)–C–C–N with tert-alkyl or cyclic N) is 1. The van der Waals surface area contributed by atoms with E-state index in [9.17, 15) is 5.11 Å². The first-order valence-corrected chi connectivity index (χ1v) is 8.22. The van der Waals surface area contributed by atoms with Gasteiger partial charge in [0.1, 0.15) is 0 Å². The molecule has 0 aromatic rings. The van der Waals surface area contributed by atoms with Gasteiger partial charge in [-0.2, -0.15) is 0 Å². The number of nitrogens with one attached hydrogen (secondary N) is 1.